The summed E-state index contributed by atoms with van der Waals surface area (Å²) in [6, 6.07) is 5.32. The summed E-state index contributed by atoms with van der Waals surface area (Å²) in [4.78, 5) is 11.0. The second-order valence-electron chi connectivity index (χ2n) is 4.36. The molecule has 0 fully saturated rings. The molecule has 150 valence electrons. The van der Waals surface area contributed by atoms with Gasteiger partial charge >= 0.3 is 0 Å². The van der Waals surface area contributed by atoms with Crippen LogP contribution in [0.5, 0.6) is 11.5 Å². The molecule has 0 unspecified atom stereocenters. The second-order valence-corrected chi connectivity index (χ2v) is 4.36. The summed E-state index contributed by atoms with van der Waals surface area (Å²) >= 11 is 0. The lowest BCUT2D eigenvalue weighted by Crippen LogP contribution is -2.03. The summed E-state index contributed by atoms with van der Waals surface area (Å²) in [5.74, 6) is 1.12. The number of hydrogen-bond acceptors (Lipinski definition) is 3. The summed E-state index contributed by atoms with van der Waals surface area (Å²) in [5, 5.41) is 0. The van der Waals surface area contributed by atoms with E-state index in [1.165, 1.54) is 0 Å². The highest BCUT2D eigenvalue weighted by molar-refractivity contribution is 5.81. The molecule has 1 aromatic rings. The lowest BCUT2D eigenvalue weighted by Gasteiger charge is -2.13. The van der Waals surface area contributed by atoms with E-state index < -0.39 is 0 Å². The monoisotopic (exact) mass is 364 g/mol. The Morgan fingerprint density at radius 1 is 1.00 bits per heavy atom. The van der Waals surface area contributed by atoms with E-state index in [-0.39, 0.29) is 0 Å². The van der Waals surface area contributed by atoms with Crippen LogP contribution in [0.25, 0.3) is 0 Å². The fourth-order valence-electron chi connectivity index (χ4n) is 1.65. The number of rotatable bonds is 8. The molecule has 26 heavy (non-hydrogen) atoms. The van der Waals surface area contributed by atoms with Crippen LogP contribution in [0.3, 0.4) is 0 Å². The molecule has 0 heterocycles. The molecule has 0 aromatic heterocycles. The minimum atomic E-state index is 0.469. The van der Waals surface area contributed by atoms with E-state index in [9.17, 15) is 4.79 Å². The molecule has 0 bridgehead atoms. The molecule has 0 aliphatic heterocycles. The molecule has 0 amide bonds. The summed E-state index contributed by atoms with van der Waals surface area (Å²) < 4.78 is 11.2. The van der Waals surface area contributed by atoms with Gasteiger partial charge in [0, 0.05) is 0 Å². The van der Waals surface area contributed by atoms with Gasteiger partial charge in [0.25, 0.3) is 0 Å². The predicted molar refractivity (Wildman–Crippen MR) is 116 cm³/mol. The number of carbonyl (C=O) groups is 1. The fourth-order valence-corrected chi connectivity index (χ4v) is 1.65. The minimum Gasteiger partial charge on any atom is -0.489 e. The molecule has 0 N–H and O–H groups in total. The van der Waals surface area contributed by atoms with Crippen LogP contribution in [-0.2, 0) is 0 Å². The highest BCUT2D eigenvalue weighted by Crippen LogP contribution is 2.30. The van der Waals surface area contributed by atoms with Gasteiger partial charge < -0.3 is 9.47 Å². The van der Waals surface area contributed by atoms with Crippen LogP contribution in [0.15, 0.2) is 42.0 Å². The predicted octanol–water partition coefficient (Wildman–Crippen LogP) is 7.27. The largest absolute Gasteiger partial charge is 0.489 e. The van der Waals surface area contributed by atoms with Gasteiger partial charge in [0.15, 0.2) is 17.8 Å². The van der Waals surface area contributed by atoms with Crippen molar-refractivity contribution < 1.29 is 14.3 Å². The third kappa shape index (κ3) is 13.3. The average molecular weight is 365 g/mol. The first-order valence-electron chi connectivity index (χ1n) is 9.89. The number of hydrogen-bond donors (Lipinski definition) is 0. The van der Waals surface area contributed by atoms with Gasteiger partial charge in [-0.2, -0.15) is 0 Å². The zero-order valence-electron chi connectivity index (χ0n) is 18.4. The average Bonchev–Trinajstić information content (AvgIpc) is 2.72. The van der Waals surface area contributed by atoms with Crippen molar-refractivity contribution in [3.63, 3.8) is 0 Å². The van der Waals surface area contributed by atoms with Crippen LogP contribution < -0.4 is 9.47 Å². The first kappa shape index (κ1) is 28.8. The molecule has 3 nitrogen and oxygen atoms in total. The zero-order chi connectivity index (χ0) is 20.8. The van der Waals surface area contributed by atoms with Gasteiger partial charge in [0.05, 0.1) is 12.2 Å². The minimum absolute atomic E-state index is 0.469. The van der Waals surface area contributed by atoms with Gasteiger partial charge in [-0.3, -0.25) is 4.79 Å². The molecule has 0 saturated heterocycles. The van der Waals surface area contributed by atoms with Crippen LogP contribution in [0.1, 0.15) is 79.1 Å². The van der Waals surface area contributed by atoms with Crippen molar-refractivity contribution in [2.75, 3.05) is 13.2 Å². The molecule has 0 spiro atoms. The van der Waals surface area contributed by atoms with E-state index in [2.05, 4.69) is 13.0 Å². The van der Waals surface area contributed by atoms with Crippen molar-refractivity contribution in [2.45, 2.75) is 68.7 Å². The van der Waals surface area contributed by atoms with Crippen molar-refractivity contribution in [3.8, 4) is 11.5 Å². The Kier molecular flexibility index (Phi) is 25.4. The smallest absolute Gasteiger partial charge is 0.171 e. The molecule has 1 aromatic carbocycles. The molecular formula is C23H40O3. The number of para-hydroxylation sites is 1. The molecule has 0 aliphatic carbocycles. The highest BCUT2D eigenvalue weighted by Gasteiger charge is 2.10. The van der Waals surface area contributed by atoms with Crippen molar-refractivity contribution in [2.24, 2.45) is 0 Å². The molecule has 3 heteroatoms. The summed E-state index contributed by atoms with van der Waals surface area (Å²) in [7, 11) is 0. The molecule has 0 saturated carbocycles. The number of carbonyl (C=O) groups excluding carboxylic acids is 1. The van der Waals surface area contributed by atoms with E-state index in [0.717, 1.165) is 18.3 Å². The van der Waals surface area contributed by atoms with Gasteiger partial charge in [-0.05, 0) is 38.0 Å². The summed E-state index contributed by atoms with van der Waals surface area (Å²) in [6.07, 6.45) is 7.92. The topological polar surface area (TPSA) is 35.5 Å². The van der Waals surface area contributed by atoms with Crippen molar-refractivity contribution >= 4 is 6.29 Å². The molecule has 0 atom stereocenters. The molecule has 0 aliphatic rings. The van der Waals surface area contributed by atoms with Crippen molar-refractivity contribution in [1.82, 2.24) is 0 Å². The maximum Gasteiger partial charge on any atom is 0.171 e. The van der Waals surface area contributed by atoms with Crippen LogP contribution >= 0.6 is 0 Å². The van der Waals surface area contributed by atoms with E-state index in [4.69, 9.17) is 9.47 Å². The number of benzene rings is 1. The first-order valence-corrected chi connectivity index (χ1v) is 9.89. The molecule has 0 radical (unpaired) electrons. The Labute approximate surface area is 162 Å². The highest BCUT2D eigenvalue weighted by atomic mass is 16.5. The normalized spacial score (nSPS) is 9.65. The maximum atomic E-state index is 11.0. The van der Waals surface area contributed by atoms with Crippen LogP contribution in [0.2, 0.25) is 0 Å². The van der Waals surface area contributed by atoms with E-state index >= 15 is 0 Å². The summed E-state index contributed by atoms with van der Waals surface area (Å²) in [6.45, 7) is 18.9. The Bertz CT molecular complexity index is 488. The SMILES string of the molecule is CC.CC.CC.CC/C=C\C=C(/C)COc1cccc(C=O)c1OCC. The Morgan fingerprint density at radius 3 is 2.12 bits per heavy atom. The van der Waals surface area contributed by atoms with Gasteiger partial charge in [0.2, 0.25) is 0 Å². The number of ether oxygens (including phenoxy) is 2. The Morgan fingerprint density at radius 2 is 1.62 bits per heavy atom. The van der Waals surface area contributed by atoms with Gasteiger partial charge in [-0.15, -0.1) is 0 Å². The Balaban J connectivity index is -0.000000795. The third-order valence-corrected chi connectivity index (χ3v) is 2.63. The standard InChI is InChI=1S/C17H22O3.3C2H6/c1-4-6-7-9-14(3)13-20-16-11-8-10-15(12-18)17(16)19-5-2;3*1-2/h6-12H,4-5,13H2,1-3H3;3*1-2H3/b7-6-,14-9+;;;. The van der Waals surface area contributed by atoms with Gasteiger partial charge in [-0.25, -0.2) is 0 Å². The zero-order valence-corrected chi connectivity index (χ0v) is 18.4. The van der Waals surface area contributed by atoms with E-state index in [1.807, 2.05) is 73.6 Å². The summed E-state index contributed by atoms with van der Waals surface area (Å²) in [5.41, 5.74) is 1.62. The lowest BCUT2D eigenvalue weighted by atomic mass is 10.2. The van der Waals surface area contributed by atoms with Crippen LogP contribution in [0.4, 0.5) is 0 Å². The number of allylic oxidation sites excluding steroid dienone is 3. The maximum absolute atomic E-state index is 11.0. The van der Waals surface area contributed by atoms with E-state index in [1.54, 1.807) is 12.1 Å². The lowest BCUT2D eigenvalue weighted by molar-refractivity contribution is 0.111. The Hall–Kier alpha value is -2.03. The second kappa shape index (κ2) is 23.0. The molecule has 1 rings (SSSR count). The third-order valence-electron chi connectivity index (χ3n) is 2.63. The fraction of sp³-hybridized carbons (Fsp3) is 0.522. The van der Waals surface area contributed by atoms with Gasteiger partial charge in [-0.1, -0.05) is 72.8 Å². The van der Waals surface area contributed by atoms with Gasteiger partial charge in [0.1, 0.15) is 6.61 Å². The van der Waals surface area contributed by atoms with Crippen LogP contribution in [-0.4, -0.2) is 19.5 Å². The van der Waals surface area contributed by atoms with E-state index in [0.29, 0.717) is 30.3 Å². The molecular weight excluding hydrogens is 324 g/mol. The quantitative estimate of drug-likeness (QED) is 0.359. The number of aldehydes is 1. The first-order chi connectivity index (χ1) is 12.7. The van der Waals surface area contributed by atoms with Crippen molar-refractivity contribution in [1.29, 1.82) is 0 Å². The van der Waals surface area contributed by atoms with Crippen LogP contribution in [0, 0.1) is 0 Å². The van der Waals surface area contributed by atoms with Crippen molar-refractivity contribution in [3.05, 3.63) is 47.6 Å².